The van der Waals surface area contributed by atoms with Gasteiger partial charge in [0, 0.05) is 12.8 Å². The lowest BCUT2D eigenvalue weighted by Crippen LogP contribution is -2.08. The van der Waals surface area contributed by atoms with Crippen molar-refractivity contribution in [3.05, 3.63) is 23.8 Å². The second-order valence-corrected chi connectivity index (χ2v) is 3.72. The summed E-state index contributed by atoms with van der Waals surface area (Å²) in [6.07, 6.45) is 1.98. The molecule has 1 atom stereocenters. The fourth-order valence-electron chi connectivity index (χ4n) is 1.84. The molecule has 0 aromatic heterocycles. The summed E-state index contributed by atoms with van der Waals surface area (Å²) in [5.41, 5.74) is 1.19. The van der Waals surface area contributed by atoms with E-state index in [0.29, 0.717) is 13.4 Å². The van der Waals surface area contributed by atoms with E-state index in [-0.39, 0.29) is 6.10 Å². The van der Waals surface area contributed by atoms with E-state index >= 15 is 0 Å². The van der Waals surface area contributed by atoms with Crippen LogP contribution in [-0.2, 0) is 16.2 Å². The van der Waals surface area contributed by atoms with Crippen molar-refractivity contribution < 1.29 is 19.2 Å². The fraction of sp³-hybridized carbons (Fsp3) is 0.455. The zero-order valence-electron chi connectivity index (χ0n) is 8.27. The van der Waals surface area contributed by atoms with Crippen molar-refractivity contribution in [1.29, 1.82) is 0 Å². The van der Waals surface area contributed by atoms with E-state index in [4.69, 9.17) is 19.2 Å². The lowest BCUT2D eigenvalue weighted by Gasteiger charge is -2.07. The maximum absolute atomic E-state index is 5.31. The van der Waals surface area contributed by atoms with Crippen LogP contribution in [0.25, 0.3) is 0 Å². The van der Waals surface area contributed by atoms with Gasteiger partial charge in [-0.3, -0.25) is 0 Å². The van der Waals surface area contributed by atoms with Gasteiger partial charge in [0.15, 0.2) is 11.5 Å². The van der Waals surface area contributed by atoms with Crippen molar-refractivity contribution in [3.8, 4) is 11.5 Å². The molecule has 1 aromatic rings. The molecule has 0 saturated carbocycles. The lowest BCUT2D eigenvalue weighted by atomic mass is 10.1. The van der Waals surface area contributed by atoms with Crippen LogP contribution >= 0.6 is 0 Å². The molecule has 0 N–H and O–H groups in total. The van der Waals surface area contributed by atoms with E-state index < -0.39 is 0 Å². The van der Waals surface area contributed by atoms with Crippen LogP contribution in [0.2, 0.25) is 0 Å². The van der Waals surface area contributed by atoms with Gasteiger partial charge in [-0.25, -0.2) is 9.78 Å². The smallest absolute Gasteiger partial charge is 0.231 e. The predicted octanol–water partition coefficient (Wildman–Crippen LogP) is 1.68. The Kier molecular flexibility index (Phi) is 2.23. The summed E-state index contributed by atoms with van der Waals surface area (Å²) in [7, 11) is 0. The molecule has 4 heteroatoms. The topological polar surface area (TPSA) is 36.9 Å². The van der Waals surface area contributed by atoms with Crippen molar-refractivity contribution in [3.63, 3.8) is 0 Å². The van der Waals surface area contributed by atoms with Gasteiger partial charge in [-0.2, -0.15) is 0 Å². The van der Waals surface area contributed by atoms with Gasteiger partial charge >= 0.3 is 0 Å². The summed E-state index contributed by atoms with van der Waals surface area (Å²) in [5.74, 6) is 1.65. The molecule has 0 aliphatic carbocycles. The molecule has 80 valence electrons. The molecule has 1 fully saturated rings. The summed E-state index contributed by atoms with van der Waals surface area (Å²) in [6, 6.07) is 5.98. The number of ether oxygens (including phenoxy) is 2. The Morgan fingerprint density at radius 2 is 2.13 bits per heavy atom. The highest BCUT2D eigenvalue weighted by atomic mass is 17.2. The van der Waals surface area contributed by atoms with Crippen LogP contribution in [0.4, 0.5) is 0 Å². The van der Waals surface area contributed by atoms with Gasteiger partial charge in [-0.05, 0) is 17.7 Å². The molecule has 1 aromatic carbocycles. The van der Waals surface area contributed by atoms with Gasteiger partial charge in [0.1, 0.15) is 0 Å². The van der Waals surface area contributed by atoms with E-state index in [2.05, 4.69) is 0 Å². The minimum absolute atomic E-state index is 0.172. The number of rotatable bonds is 2. The Morgan fingerprint density at radius 1 is 1.20 bits per heavy atom. The van der Waals surface area contributed by atoms with Crippen molar-refractivity contribution in [2.45, 2.75) is 18.9 Å². The summed E-state index contributed by atoms with van der Waals surface area (Å²) in [4.78, 5) is 9.97. The first-order valence-corrected chi connectivity index (χ1v) is 5.08. The minimum Gasteiger partial charge on any atom is -0.454 e. The van der Waals surface area contributed by atoms with Crippen LogP contribution in [0.1, 0.15) is 12.0 Å². The Labute approximate surface area is 87.6 Å². The van der Waals surface area contributed by atoms with Gasteiger partial charge in [0.2, 0.25) is 6.79 Å². The standard InChI is InChI=1S/C11H12O4/c1-2-10-11(13-7-12-10)6-8(1)5-9-3-4-14-15-9/h1-2,6,9H,3-5,7H2. The first kappa shape index (κ1) is 9.00. The second-order valence-electron chi connectivity index (χ2n) is 3.72. The Bertz CT molecular complexity index is 358. The van der Waals surface area contributed by atoms with E-state index in [1.165, 1.54) is 5.56 Å². The molecule has 0 spiro atoms. The van der Waals surface area contributed by atoms with Crippen LogP contribution < -0.4 is 9.47 Å². The average Bonchev–Trinajstić information content (AvgIpc) is 2.87. The van der Waals surface area contributed by atoms with Crippen LogP contribution in [-0.4, -0.2) is 19.5 Å². The molecule has 2 aliphatic rings. The van der Waals surface area contributed by atoms with Crippen molar-refractivity contribution in [2.24, 2.45) is 0 Å². The van der Waals surface area contributed by atoms with E-state index in [0.717, 1.165) is 24.3 Å². The molecule has 15 heavy (non-hydrogen) atoms. The van der Waals surface area contributed by atoms with Crippen molar-refractivity contribution in [2.75, 3.05) is 13.4 Å². The Morgan fingerprint density at radius 3 is 3.00 bits per heavy atom. The molecule has 0 radical (unpaired) electrons. The van der Waals surface area contributed by atoms with Crippen molar-refractivity contribution >= 4 is 0 Å². The largest absolute Gasteiger partial charge is 0.454 e. The first-order chi connectivity index (χ1) is 7.42. The second kappa shape index (κ2) is 3.72. The number of hydrogen-bond acceptors (Lipinski definition) is 4. The molecular formula is C11H12O4. The van der Waals surface area contributed by atoms with Gasteiger partial charge in [-0.15, -0.1) is 0 Å². The number of benzene rings is 1. The molecule has 1 unspecified atom stereocenters. The summed E-state index contributed by atoms with van der Waals surface area (Å²) >= 11 is 0. The van der Waals surface area contributed by atoms with Gasteiger partial charge < -0.3 is 9.47 Å². The highest BCUT2D eigenvalue weighted by molar-refractivity contribution is 5.44. The highest BCUT2D eigenvalue weighted by Crippen LogP contribution is 2.33. The third-order valence-corrected chi connectivity index (χ3v) is 2.63. The first-order valence-electron chi connectivity index (χ1n) is 5.08. The number of fused-ring (bicyclic) bond motifs is 1. The lowest BCUT2D eigenvalue weighted by molar-refractivity contribution is -0.273. The quantitative estimate of drug-likeness (QED) is 0.693. The fourth-order valence-corrected chi connectivity index (χ4v) is 1.84. The highest BCUT2D eigenvalue weighted by Gasteiger charge is 2.19. The molecule has 2 heterocycles. The maximum Gasteiger partial charge on any atom is 0.231 e. The molecule has 0 amide bonds. The Hall–Kier alpha value is -1.26. The number of hydrogen-bond donors (Lipinski definition) is 0. The molecule has 0 bridgehead atoms. The summed E-state index contributed by atoms with van der Waals surface area (Å²) in [6.45, 7) is 1.01. The maximum atomic E-state index is 5.31. The van der Waals surface area contributed by atoms with Crippen molar-refractivity contribution in [1.82, 2.24) is 0 Å². The SMILES string of the molecule is c1cc2c(cc1CC1CCOO1)OCO2. The Balaban J connectivity index is 1.75. The normalized spacial score (nSPS) is 23.3. The molecular weight excluding hydrogens is 196 g/mol. The molecule has 2 aliphatic heterocycles. The van der Waals surface area contributed by atoms with E-state index in [9.17, 15) is 0 Å². The van der Waals surface area contributed by atoms with E-state index in [1.807, 2.05) is 18.2 Å². The predicted molar refractivity (Wildman–Crippen MR) is 51.7 cm³/mol. The third kappa shape index (κ3) is 1.78. The average molecular weight is 208 g/mol. The third-order valence-electron chi connectivity index (χ3n) is 2.63. The van der Waals surface area contributed by atoms with Gasteiger partial charge in [0.25, 0.3) is 0 Å². The minimum atomic E-state index is 0.172. The van der Waals surface area contributed by atoms with Gasteiger partial charge in [0.05, 0.1) is 12.7 Å². The zero-order valence-corrected chi connectivity index (χ0v) is 8.27. The monoisotopic (exact) mass is 208 g/mol. The van der Waals surface area contributed by atoms with Crippen LogP contribution in [0.5, 0.6) is 11.5 Å². The van der Waals surface area contributed by atoms with E-state index in [1.54, 1.807) is 0 Å². The summed E-state index contributed by atoms with van der Waals surface area (Å²) in [5, 5.41) is 0. The van der Waals surface area contributed by atoms with Crippen LogP contribution in [0.3, 0.4) is 0 Å². The summed E-state index contributed by atoms with van der Waals surface area (Å²) < 4.78 is 10.6. The zero-order chi connectivity index (χ0) is 10.1. The molecule has 1 saturated heterocycles. The van der Waals surface area contributed by atoms with Crippen LogP contribution in [0.15, 0.2) is 18.2 Å². The van der Waals surface area contributed by atoms with Crippen LogP contribution in [0, 0.1) is 0 Å². The molecule has 4 nitrogen and oxygen atoms in total. The molecule has 3 rings (SSSR count). The van der Waals surface area contributed by atoms with Gasteiger partial charge in [-0.1, -0.05) is 6.07 Å².